The molecule has 0 aliphatic rings. The van der Waals surface area contributed by atoms with Gasteiger partial charge in [-0.15, -0.1) is 0 Å². The van der Waals surface area contributed by atoms with Crippen LogP contribution in [0.5, 0.6) is 0 Å². The van der Waals surface area contributed by atoms with Gasteiger partial charge in [-0.2, -0.15) is 0 Å². The topological polar surface area (TPSA) is 17.1 Å². The van der Waals surface area contributed by atoms with Crippen molar-refractivity contribution < 1.29 is 4.79 Å². The van der Waals surface area contributed by atoms with Crippen LogP contribution in [0.15, 0.2) is 0 Å². The summed E-state index contributed by atoms with van der Waals surface area (Å²) in [4.78, 5) is 10.6. The number of hydrogen-bond donors (Lipinski definition) is 0. The van der Waals surface area contributed by atoms with Crippen LogP contribution >= 0.6 is 11.6 Å². The quantitative estimate of drug-likeness (QED) is 0.571. The average molecular weight is 163 g/mol. The molecule has 0 amide bonds. The van der Waals surface area contributed by atoms with E-state index in [1.807, 2.05) is 6.92 Å². The van der Waals surface area contributed by atoms with Gasteiger partial charge in [-0.05, 0) is 23.4 Å². The lowest BCUT2D eigenvalue weighted by atomic mass is 9.86. The van der Waals surface area contributed by atoms with Crippen LogP contribution in [-0.2, 0) is 4.79 Å². The Morgan fingerprint density at radius 3 is 2.00 bits per heavy atom. The highest BCUT2D eigenvalue weighted by atomic mass is 35.5. The molecule has 0 aromatic heterocycles. The zero-order valence-electron chi connectivity index (χ0n) is 7.07. The Morgan fingerprint density at radius 1 is 1.50 bits per heavy atom. The molecule has 1 nitrogen and oxygen atoms in total. The molecular weight excluding hydrogens is 148 g/mol. The summed E-state index contributed by atoms with van der Waals surface area (Å²) in [6.07, 6.45) is 0.856. The van der Waals surface area contributed by atoms with E-state index in [2.05, 4.69) is 20.8 Å². The minimum absolute atomic E-state index is 0.0123. The van der Waals surface area contributed by atoms with Crippen molar-refractivity contribution in [2.45, 2.75) is 34.1 Å². The lowest BCUT2D eigenvalue weighted by Crippen LogP contribution is -2.14. The molecule has 0 aliphatic carbocycles. The van der Waals surface area contributed by atoms with Gasteiger partial charge in [0.15, 0.2) is 0 Å². The van der Waals surface area contributed by atoms with E-state index in [0.29, 0.717) is 0 Å². The summed E-state index contributed by atoms with van der Waals surface area (Å²) in [6, 6.07) is 0. The van der Waals surface area contributed by atoms with Crippen molar-refractivity contribution in [3.63, 3.8) is 0 Å². The molecule has 0 N–H and O–H groups in total. The molecule has 10 heavy (non-hydrogen) atoms. The number of hydrogen-bond acceptors (Lipinski definition) is 1. The summed E-state index contributed by atoms with van der Waals surface area (Å²) < 4.78 is 0. The van der Waals surface area contributed by atoms with E-state index in [-0.39, 0.29) is 16.6 Å². The Kier molecular flexibility index (Phi) is 3.37. The fourth-order valence-corrected chi connectivity index (χ4v) is 1.08. The fraction of sp³-hybridized carbons (Fsp3) is 0.875. The lowest BCUT2D eigenvalue weighted by Gasteiger charge is -2.20. The van der Waals surface area contributed by atoms with E-state index in [9.17, 15) is 4.79 Å². The normalized spacial score (nSPS) is 14.9. The maximum atomic E-state index is 10.6. The van der Waals surface area contributed by atoms with Crippen LogP contribution < -0.4 is 0 Å². The summed E-state index contributed by atoms with van der Waals surface area (Å²) >= 11 is 5.30. The van der Waals surface area contributed by atoms with Gasteiger partial charge < -0.3 is 0 Å². The Morgan fingerprint density at radius 2 is 1.90 bits per heavy atom. The molecule has 0 spiro atoms. The minimum Gasteiger partial charge on any atom is -0.281 e. The molecule has 1 atom stereocenters. The summed E-state index contributed by atoms with van der Waals surface area (Å²) in [5.41, 5.74) is 0.198. The van der Waals surface area contributed by atoms with Gasteiger partial charge >= 0.3 is 0 Å². The van der Waals surface area contributed by atoms with Crippen molar-refractivity contribution in [2.24, 2.45) is 11.3 Å². The van der Waals surface area contributed by atoms with Gasteiger partial charge in [-0.3, -0.25) is 4.79 Å². The lowest BCUT2D eigenvalue weighted by molar-refractivity contribution is -0.115. The molecule has 0 rings (SSSR count). The molecule has 0 aromatic carbocycles. The van der Waals surface area contributed by atoms with Gasteiger partial charge in [0.2, 0.25) is 5.24 Å². The third-order valence-electron chi connectivity index (χ3n) is 1.31. The second kappa shape index (κ2) is 3.38. The Hall–Kier alpha value is -0.0400. The first-order valence-corrected chi connectivity index (χ1v) is 3.90. The van der Waals surface area contributed by atoms with Crippen LogP contribution in [0.4, 0.5) is 0 Å². The van der Waals surface area contributed by atoms with E-state index in [4.69, 9.17) is 11.6 Å². The number of carbonyl (C=O) groups excluding carboxylic acids is 1. The molecular formula is C8H15ClO. The first kappa shape index (κ1) is 9.96. The molecule has 0 radical (unpaired) electrons. The SMILES string of the molecule is CC(CC(C)(C)C)C(=O)Cl. The summed E-state index contributed by atoms with van der Waals surface area (Å²) in [5.74, 6) is -0.0123. The highest BCUT2D eigenvalue weighted by molar-refractivity contribution is 6.63. The maximum absolute atomic E-state index is 10.6. The molecule has 0 heterocycles. The van der Waals surface area contributed by atoms with Crippen LogP contribution in [0.3, 0.4) is 0 Å². The Labute approximate surface area is 67.8 Å². The van der Waals surface area contributed by atoms with Crippen molar-refractivity contribution in [1.29, 1.82) is 0 Å². The second-order valence-electron chi connectivity index (χ2n) is 3.97. The number of carbonyl (C=O) groups is 1. The molecule has 0 saturated heterocycles. The smallest absolute Gasteiger partial charge is 0.224 e. The predicted octanol–water partition coefficient (Wildman–Crippen LogP) is 2.82. The van der Waals surface area contributed by atoms with Crippen LogP contribution in [0.25, 0.3) is 0 Å². The molecule has 60 valence electrons. The van der Waals surface area contributed by atoms with Crippen LogP contribution in [0, 0.1) is 11.3 Å². The van der Waals surface area contributed by atoms with Gasteiger partial charge in [0.25, 0.3) is 0 Å². The van der Waals surface area contributed by atoms with E-state index < -0.39 is 0 Å². The van der Waals surface area contributed by atoms with Crippen molar-refractivity contribution in [3.05, 3.63) is 0 Å². The molecule has 0 aliphatic heterocycles. The summed E-state index contributed by atoms with van der Waals surface area (Å²) in [5, 5.41) is -0.227. The van der Waals surface area contributed by atoms with Crippen molar-refractivity contribution in [2.75, 3.05) is 0 Å². The molecule has 2 heteroatoms. The van der Waals surface area contributed by atoms with Crippen LogP contribution in [-0.4, -0.2) is 5.24 Å². The second-order valence-corrected chi connectivity index (χ2v) is 4.34. The Balaban J connectivity index is 3.80. The summed E-state index contributed by atoms with van der Waals surface area (Å²) in [7, 11) is 0. The van der Waals surface area contributed by atoms with Gasteiger partial charge in [-0.25, -0.2) is 0 Å². The predicted molar refractivity (Wildman–Crippen MR) is 44.1 cm³/mol. The van der Waals surface area contributed by atoms with E-state index in [1.54, 1.807) is 0 Å². The third-order valence-corrected chi connectivity index (χ3v) is 1.68. The monoisotopic (exact) mass is 162 g/mol. The van der Waals surface area contributed by atoms with Crippen LogP contribution in [0.2, 0.25) is 0 Å². The third kappa shape index (κ3) is 4.80. The van der Waals surface area contributed by atoms with Gasteiger partial charge in [0, 0.05) is 5.92 Å². The zero-order valence-corrected chi connectivity index (χ0v) is 7.83. The molecule has 0 bridgehead atoms. The largest absolute Gasteiger partial charge is 0.281 e. The van der Waals surface area contributed by atoms with Crippen molar-refractivity contribution >= 4 is 16.8 Å². The summed E-state index contributed by atoms with van der Waals surface area (Å²) in [6.45, 7) is 8.16. The van der Waals surface area contributed by atoms with Gasteiger partial charge in [0.05, 0.1) is 0 Å². The highest BCUT2D eigenvalue weighted by Gasteiger charge is 2.18. The highest BCUT2D eigenvalue weighted by Crippen LogP contribution is 2.25. The zero-order chi connectivity index (χ0) is 8.36. The standard InChI is InChI=1S/C8H15ClO/c1-6(7(9)10)5-8(2,3)4/h6H,5H2,1-4H3. The fourth-order valence-electron chi connectivity index (χ4n) is 0.999. The molecule has 1 unspecified atom stereocenters. The average Bonchev–Trinajstić information content (AvgIpc) is 1.60. The van der Waals surface area contributed by atoms with Crippen molar-refractivity contribution in [1.82, 2.24) is 0 Å². The van der Waals surface area contributed by atoms with E-state index in [0.717, 1.165) is 6.42 Å². The number of rotatable bonds is 2. The van der Waals surface area contributed by atoms with Gasteiger partial charge in [-0.1, -0.05) is 27.7 Å². The first-order chi connectivity index (χ1) is 4.33. The molecule has 0 aromatic rings. The van der Waals surface area contributed by atoms with E-state index in [1.165, 1.54) is 0 Å². The van der Waals surface area contributed by atoms with Crippen LogP contribution in [0.1, 0.15) is 34.1 Å². The molecule has 0 fully saturated rings. The molecule has 0 saturated carbocycles. The van der Waals surface area contributed by atoms with E-state index >= 15 is 0 Å². The minimum atomic E-state index is -0.227. The first-order valence-electron chi connectivity index (χ1n) is 3.52. The van der Waals surface area contributed by atoms with Gasteiger partial charge in [0.1, 0.15) is 0 Å². The maximum Gasteiger partial charge on any atom is 0.224 e. The van der Waals surface area contributed by atoms with Crippen molar-refractivity contribution in [3.8, 4) is 0 Å². The number of halogens is 1. The Bertz CT molecular complexity index is 124.